The number of nitrogens with zero attached hydrogens (tertiary/aromatic N) is 2. The number of aliphatic imine (C=N–C) groups is 1. The number of primary amides is 1. The van der Waals surface area contributed by atoms with Crippen LogP contribution in [0.4, 0.5) is 0 Å². The number of piperidine rings is 1. The molecule has 2 rings (SSSR count). The average molecular weight is 389 g/mol. The summed E-state index contributed by atoms with van der Waals surface area (Å²) in [6, 6.07) is 10.4. The molecule has 1 amide bonds. The van der Waals surface area contributed by atoms with E-state index < -0.39 is 0 Å². The summed E-state index contributed by atoms with van der Waals surface area (Å²) < 4.78 is 5.74. The van der Waals surface area contributed by atoms with Gasteiger partial charge in [-0.3, -0.25) is 9.79 Å². The van der Waals surface area contributed by atoms with E-state index in [-0.39, 0.29) is 5.91 Å². The van der Waals surface area contributed by atoms with Crippen molar-refractivity contribution in [2.45, 2.75) is 45.4 Å². The Labute approximate surface area is 169 Å². The minimum atomic E-state index is -0.207. The first-order valence-electron chi connectivity index (χ1n) is 10.6. The first-order chi connectivity index (χ1) is 13.7. The highest BCUT2D eigenvalue weighted by Crippen LogP contribution is 2.19. The van der Waals surface area contributed by atoms with Gasteiger partial charge in [0.15, 0.2) is 5.96 Å². The summed E-state index contributed by atoms with van der Waals surface area (Å²) >= 11 is 0. The van der Waals surface area contributed by atoms with Crippen LogP contribution >= 0.6 is 0 Å². The second-order valence-electron chi connectivity index (χ2n) is 7.42. The van der Waals surface area contributed by atoms with Gasteiger partial charge in [-0.05, 0) is 50.5 Å². The van der Waals surface area contributed by atoms with Crippen LogP contribution in [0.25, 0.3) is 0 Å². The van der Waals surface area contributed by atoms with Gasteiger partial charge < -0.3 is 20.7 Å². The summed E-state index contributed by atoms with van der Waals surface area (Å²) in [4.78, 5) is 18.3. The normalized spacial score (nSPS) is 17.5. The lowest BCUT2D eigenvalue weighted by Crippen LogP contribution is -2.47. The van der Waals surface area contributed by atoms with Crippen molar-refractivity contribution in [3.8, 4) is 0 Å². The number of rotatable bonds is 11. The number of likely N-dealkylation sites (tertiary alicyclic amines) is 1. The maximum atomic E-state index is 11.2. The second-order valence-corrected chi connectivity index (χ2v) is 7.42. The number of carbonyl (C=O) groups excluding carboxylic acids is 1. The van der Waals surface area contributed by atoms with Crippen LogP contribution < -0.4 is 11.1 Å². The van der Waals surface area contributed by atoms with Crippen molar-refractivity contribution in [2.24, 2.45) is 16.6 Å². The highest BCUT2D eigenvalue weighted by molar-refractivity contribution is 5.80. The number of hydrogen-bond donors (Lipinski definition) is 2. The molecule has 156 valence electrons. The van der Waals surface area contributed by atoms with Crippen LogP contribution in [0, 0.1) is 5.92 Å². The Morgan fingerprint density at radius 3 is 2.86 bits per heavy atom. The maximum absolute atomic E-state index is 11.2. The van der Waals surface area contributed by atoms with Gasteiger partial charge in [0, 0.05) is 39.2 Å². The molecule has 6 nitrogen and oxygen atoms in total. The van der Waals surface area contributed by atoms with Crippen molar-refractivity contribution < 1.29 is 9.53 Å². The fourth-order valence-electron chi connectivity index (χ4n) is 3.57. The minimum Gasteiger partial charge on any atom is -0.381 e. The number of amides is 1. The standard InChI is InChI=1S/C22H36N4O2/c1-2-24-22(26-14-8-11-20(18-26)17-21(23)27)25-13-6-7-15-28-16-12-19-9-4-3-5-10-19/h3-5,9-10,20H,2,6-8,11-18H2,1H3,(H2,23,27)(H,24,25). The highest BCUT2D eigenvalue weighted by atomic mass is 16.5. The number of benzene rings is 1. The Morgan fingerprint density at radius 2 is 2.11 bits per heavy atom. The molecule has 1 aromatic rings. The number of nitrogens with two attached hydrogens (primary N) is 1. The van der Waals surface area contributed by atoms with E-state index in [4.69, 9.17) is 15.5 Å². The molecule has 1 aromatic carbocycles. The fraction of sp³-hybridized carbons (Fsp3) is 0.636. The first-order valence-corrected chi connectivity index (χ1v) is 10.6. The van der Waals surface area contributed by atoms with Gasteiger partial charge in [-0.2, -0.15) is 0 Å². The van der Waals surface area contributed by atoms with Crippen molar-refractivity contribution in [3.05, 3.63) is 35.9 Å². The Hall–Kier alpha value is -2.08. The van der Waals surface area contributed by atoms with Crippen LogP contribution in [0.3, 0.4) is 0 Å². The van der Waals surface area contributed by atoms with E-state index in [1.54, 1.807) is 0 Å². The van der Waals surface area contributed by atoms with Crippen LogP contribution in [-0.4, -0.2) is 56.2 Å². The lowest BCUT2D eigenvalue weighted by atomic mass is 9.95. The zero-order chi connectivity index (χ0) is 20.0. The van der Waals surface area contributed by atoms with E-state index in [2.05, 4.69) is 41.4 Å². The fourth-order valence-corrected chi connectivity index (χ4v) is 3.57. The number of carbonyl (C=O) groups is 1. The average Bonchev–Trinajstić information content (AvgIpc) is 2.69. The summed E-state index contributed by atoms with van der Waals surface area (Å²) in [5.41, 5.74) is 6.69. The van der Waals surface area contributed by atoms with Gasteiger partial charge in [-0.15, -0.1) is 0 Å². The molecule has 1 aliphatic rings. The van der Waals surface area contributed by atoms with Crippen LogP contribution in [-0.2, 0) is 16.0 Å². The minimum absolute atomic E-state index is 0.207. The molecule has 1 aliphatic heterocycles. The van der Waals surface area contributed by atoms with Crippen molar-refractivity contribution in [3.63, 3.8) is 0 Å². The van der Waals surface area contributed by atoms with Crippen molar-refractivity contribution in [1.82, 2.24) is 10.2 Å². The van der Waals surface area contributed by atoms with Gasteiger partial charge in [-0.1, -0.05) is 30.3 Å². The monoisotopic (exact) mass is 388 g/mol. The predicted molar refractivity (Wildman–Crippen MR) is 114 cm³/mol. The molecule has 1 heterocycles. The molecule has 1 atom stereocenters. The number of guanidine groups is 1. The van der Waals surface area contributed by atoms with E-state index in [0.29, 0.717) is 12.3 Å². The third-order valence-electron chi connectivity index (χ3n) is 4.98. The van der Waals surface area contributed by atoms with E-state index in [0.717, 1.165) is 77.5 Å². The molecule has 0 aromatic heterocycles. The van der Waals surface area contributed by atoms with Crippen molar-refractivity contribution in [2.75, 3.05) is 39.4 Å². The Bertz CT molecular complexity index is 591. The maximum Gasteiger partial charge on any atom is 0.217 e. The van der Waals surface area contributed by atoms with Gasteiger partial charge >= 0.3 is 0 Å². The molecule has 28 heavy (non-hydrogen) atoms. The summed E-state index contributed by atoms with van der Waals surface area (Å²) in [6.07, 6.45) is 5.61. The zero-order valence-corrected chi connectivity index (χ0v) is 17.2. The summed E-state index contributed by atoms with van der Waals surface area (Å²) in [6.45, 7) is 7.12. The molecule has 3 N–H and O–H groups in total. The summed E-state index contributed by atoms with van der Waals surface area (Å²) in [5.74, 6) is 1.09. The second kappa shape index (κ2) is 13.2. The molecule has 0 bridgehead atoms. The van der Waals surface area contributed by atoms with Crippen LogP contribution in [0.2, 0.25) is 0 Å². The highest BCUT2D eigenvalue weighted by Gasteiger charge is 2.23. The smallest absolute Gasteiger partial charge is 0.217 e. The Balaban J connectivity index is 1.64. The third kappa shape index (κ3) is 8.74. The van der Waals surface area contributed by atoms with E-state index >= 15 is 0 Å². The topological polar surface area (TPSA) is 80.0 Å². The largest absolute Gasteiger partial charge is 0.381 e. The van der Waals surface area contributed by atoms with E-state index in [1.165, 1.54) is 5.56 Å². The van der Waals surface area contributed by atoms with Crippen molar-refractivity contribution in [1.29, 1.82) is 0 Å². The van der Waals surface area contributed by atoms with Gasteiger partial charge in [0.25, 0.3) is 0 Å². The molecule has 0 radical (unpaired) electrons. The van der Waals surface area contributed by atoms with Crippen LogP contribution in [0.1, 0.15) is 44.6 Å². The molecule has 1 saturated heterocycles. The molecule has 6 heteroatoms. The third-order valence-corrected chi connectivity index (χ3v) is 4.98. The lowest BCUT2D eigenvalue weighted by molar-refractivity contribution is -0.119. The lowest BCUT2D eigenvalue weighted by Gasteiger charge is -2.34. The van der Waals surface area contributed by atoms with Gasteiger partial charge in [0.2, 0.25) is 5.91 Å². The molecule has 0 saturated carbocycles. The summed E-state index contributed by atoms with van der Waals surface area (Å²) in [7, 11) is 0. The molecular weight excluding hydrogens is 352 g/mol. The molecule has 1 unspecified atom stereocenters. The van der Waals surface area contributed by atoms with E-state index in [1.807, 2.05) is 6.07 Å². The van der Waals surface area contributed by atoms with Crippen LogP contribution in [0.5, 0.6) is 0 Å². The Kier molecular flexibility index (Phi) is 10.4. The predicted octanol–water partition coefficient (Wildman–Crippen LogP) is 2.58. The number of nitrogens with one attached hydrogen (secondary N) is 1. The van der Waals surface area contributed by atoms with Crippen LogP contribution in [0.15, 0.2) is 35.3 Å². The SMILES string of the molecule is CCNC(=NCCCCOCCc1ccccc1)N1CCCC(CC(N)=O)C1. The quantitative estimate of drug-likeness (QED) is 0.347. The summed E-state index contributed by atoms with van der Waals surface area (Å²) in [5, 5.41) is 3.38. The zero-order valence-electron chi connectivity index (χ0n) is 17.2. The Morgan fingerprint density at radius 1 is 1.29 bits per heavy atom. The number of unbranched alkanes of at least 4 members (excludes halogenated alkanes) is 1. The molecule has 1 fully saturated rings. The van der Waals surface area contributed by atoms with Gasteiger partial charge in [-0.25, -0.2) is 0 Å². The van der Waals surface area contributed by atoms with Gasteiger partial charge in [0.1, 0.15) is 0 Å². The van der Waals surface area contributed by atoms with Gasteiger partial charge in [0.05, 0.1) is 6.61 Å². The number of hydrogen-bond acceptors (Lipinski definition) is 3. The first kappa shape index (κ1) is 22.2. The van der Waals surface area contributed by atoms with E-state index in [9.17, 15) is 4.79 Å². The molecule has 0 aliphatic carbocycles. The van der Waals surface area contributed by atoms with Crippen molar-refractivity contribution >= 4 is 11.9 Å². The number of ether oxygens (including phenoxy) is 1. The molecular formula is C22H36N4O2. The molecule has 0 spiro atoms.